The van der Waals surface area contributed by atoms with Gasteiger partial charge in [0.25, 0.3) is 5.91 Å². The Labute approximate surface area is 146 Å². The molecule has 0 spiro atoms. The van der Waals surface area contributed by atoms with Crippen LogP contribution in [-0.2, 0) is 10.0 Å². The second kappa shape index (κ2) is 7.46. The lowest BCUT2D eigenvalue weighted by Gasteiger charge is -2.18. The molecule has 2 heterocycles. The van der Waals surface area contributed by atoms with Crippen molar-refractivity contribution >= 4 is 33.0 Å². The van der Waals surface area contributed by atoms with Crippen molar-refractivity contribution in [1.29, 1.82) is 0 Å². The van der Waals surface area contributed by atoms with Gasteiger partial charge in [0, 0.05) is 24.2 Å². The van der Waals surface area contributed by atoms with Crippen LogP contribution >= 0.6 is 11.3 Å². The van der Waals surface area contributed by atoms with E-state index in [-0.39, 0.29) is 10.8 Å². The molecule has 0 saturated carbocycles. The quantitative estimate of drug-likeness (QED) is 0.902. The van der Waals surface area contributed by atoms with Crippen molar-refractivity contribution in [3.63, 3.8) is 0 Å². The molecule has 128 valence electrons. The number of amides is 1. The number of nitrogens with one attached hydrogen (secondary N) is 1. The van der Waals surface area contributed by atoms with E-state index in [9.17, 15) is 13.2 Å². The molecule has 1 aliphatic heterocycles. The molecule has 1 aromatic heterocycles. The van der Waals surface area contributed by atoms with E-state index in [0.717, 1.165) is 37.0 Å². The molecule has 24 heavy (non-hydrogen) atoms. The van der Waals surface area contributed by atoms with Crippen LogP contribution in [-0.4, -0.2) is 31.7 Å². The lowest BCUT2D eigenvalue weighted by atomic mass is 10.2. The maximum absolute atomic E-state index is 12.7. The van der Waals surface area contributed by atoms with Crippen LogP contribution in [0.3, 0.4) is 0 Å². The molecule has 1 aliphatic rings. The number of sulfonamides is 1. The Bertz CT molecular complexity index is 792. The molecule has 7 heteroatoms. The van der Waals surface area contributed by atoms with Crippen molar-refractivity contribution in [1.82, 2.24) is 4.31 Å². The highest BCUT2D eigenvalue weighted by Crippen LogP contribution is 2.25. The van der Waals surface area contributed by atoms with Gasteiger partial charge in [-0.05, 0) is 31.0 Å². The van der Waals surface area contributed by atoms with Gasteiger partial charge in [0.1, 0.15) is 0 Å². The molecule has 0 radical (unpaired) electrons. The summed E-state index contributed by atoms with van der Waals surface area (Å²) in [6.07, 6.45) is 3.93. The van der Waals surface area contributed by atoms with Gasteiger partial charge in [-0.1, -0.05) is 31.0 Å². The number of anilines is 1. The highest BCUT2D eigenvalue weighted by Gasteiger charge is 2.27. The van der Waals surface area contributed by atoms with Crippen molar-refractivity contribution in [3.8, 4) is 0 Å². The van der Waals surface area contributed by atoms with Gasteiger partial charge in [0.2, 0.25) is 10.0 Å². The molecule has 3 rings (SSSR count). The van der Waals surface area contributed by atoms with E-state index in [1.54, 1.807) is 21.8 Å². The summed E-state index contributed by atoms with van der Waals surface area (Å²) in [5, 5.41) is 4.33. The number of benzene rings is 1. The predicted molar refractivity (Wildman–Crippen MR) is 95.9 cm³/mol. The van der Waals surface area contributed by atoms with Crippen molar-refractivity contribution in [2.75, 3.05) is 18.4 Å². The van der Waals surface area contributed by atoms with Gasteiger partial charge in [0.05, 0.1) is 9.77 Å². The van der Waals surface area contributed by atoms with E-state index >= 15 is 0 Å². The summed E-state index contributed by atoms with van der Waals surface area (Å²) in [4.78, 5) is 12.9. The minimum absolute atomic E-state index is 0.215. The fraction of sp³-hybridized carbons (Fsp3) is 0.353. The van der Waals surface area contributed by atoms with Gasteiger partial charge in [-0.3, -0.25) is 4.79 Å². The summed E-state index contributed by atoms with van der Waals surface area (Å²) in [5.74, 6) is -0.288. The summed E-state index contributed by atoms with van der Waals surface area (Å²) in [6, 6.07) is 10.6. The maximum Gasteiger partial charge on any atom is 0.265 e. The summed E-state index contributed by atoms with van der Waals surface area (Å²) in [5.41, 5.74) is 0.688. The highest BCUT2D eigenvalue weighted by molar-refractivity contribution is 7.89. The molecular weight excluding hydrogens is 344 g/mol. The zero-order chi connectivity index (χ0) is 17.0. The minimum Gasteiger partial charge on any atom is -0.321 e. The van der Waals surface area contributed by atoms with Gasteiger partial charge in [-0.2, -0.15) is 4.31 Å². The van der Waals surface area contributed by atoms with Gasteiger partial charge in [0.15, 0.2) is 0 Å². The normalized spacial score (nSPS) is 16.5. The lowest BCUT2D eigenvalue weighted by molar-refractivity contribution is 0.103. The van der Waals surface area contributed by atoms with Crippen molar-refractivity contribution in [3.05, 3.63) is 46.7 Å². The Hall–Kier alpha value is -1.70. The Morgan fingerprint density at radius 2 is 1.71 bits per heavy atom. The van der Waals surface area contributed by atoms with Crippen molar-refractivity contribution < 1.29 is 13.2 Å². The van der Waals surface area contributed by atoms with E-state index in [1.807, 2.05) is 18.2 Å². The molecule has 1 fully saturated rings. The van der Waals surface area contributed by atoms with Gasteiger partial charge >= 0.3 is 0 Å². The molecule has 1 N–H and O–H groups in total. The molecule has 0 bridgehead atoms. The minimum atomic E-state index is -3.51. The van der Waals surface area contributed by atoms with Crippen LogP contribution in [0, 0.1) is 0 Å². The number of hydrogen-bond donors (Lipinski definition) is 1. The zero-order valence-corrected chi connectivity index (χ0v) is 14.9. The highest BCUT2D eigenvalue weighted by atomic mass is 32.2. The average molecular weight is 364 g/mol. The van der Waals surface area contributed by atoms with Crippen LogP contribution in [0.25, 0.3) is 0 Å². The first-order valence-electron chi connectivity index (χ1n) is 8.02. The SMILES string of the molecule is O=C(Nc1ccccc1)c1cc(S(=O)(=O)N2CCCCCC2)cs1. The summed E-state index contributed by atoms with van der Waals surface area (Å²) in [7, 11) is -3.51. The molecule has 1 amide bonds. The zero-order valence-electron chi connectivity index (χ0n) is 13.3. The van der Waals surface area contributed by atoms with E-state index in [0.29, 0.717) is 23.7 Å². The van der Waals surface area contributed by atoms with E-state index in [4.69, 9.17) is 0 Å². The van der Waals surface area contributed by atoms with Crippen LogP contribution in [0.1, 0.15) is 35.4 Å². The van der Waals surface area contributed by atoms with Crippen LogP contribution < -0.4 is 5.32 Å². The van der Waals surface area contributed by atoms with Crippen LogP contribution in [0.4, 0.5) is 5.69 Å². The van der Waals surface area contributed by atoms with Gasteiger partial charge in [-0.25, -0.2) is 8.42 Å². The summed E-state index contributed by atoms with van der Waals surface area (Å²) in [6.45, 7) is 1.12. The number of nitrogens with zero attached hydrogens (tertiary/aromatic N) is 1. The first kappa shape index (κ1) is 17.1. The molecule has 0 aliphatic carbocycles. The molecule has 2 aromatic rings. The number of hydrogen-bond acceptors (Lipinski definition) is 4. The largest absolute Gasteiger partial charge is 0.321 e. The number of carbonyl (C=O) groups excluding carboxylic acids is 1. The Morgan fingerprint density at radius 1 is 1.04 bits per heavy atom. The van der Waals surface area contributed by atoms with Gasteiger partial charge in [-0.15, -0.1) is 11.3 Å². The third kappa shape index (κ3) is 3.85. The predicted octanol–water partition coefficient (Wildman–Crippen LogP) is 3.57. The van der Waals surface area contributed by atoms with Crippen LogP contribution in [0.5, 0.6) is 0 Å². The summed E-state index contributed by atoms with van der Waals surface area (Å²) >= 11 is 1.16. The molecule has 1 aromatic carbocycles. The van der Waals surface area contributed by atoms with E-state index in [1.165, 1.54) is 6.07 Å². The standard InChI is InChI=1S/C17H20N2O3S2/c20-17(18-14-8-4-3-5-9-14)16-12-15(13-23-16)24(21,22)19-10-6-1-2-7-11-19/h3-5,8-9,12-13H,1-2,6-7,10-11H2,(H,18,20). The third-order valence-corrected chi connectivity index (χ3v) is 6.99. The number of rotatable bonds is 4. The third-order valence-electron chi connectivity index (χ3n) is 4.03. The second-order valence-corrected chi connectivity index (χ2v) is 8.63. The van der Waals surface area contributed by atoms with Crippen LogP contribution in [0.15, 0.2) is 46.7 Å². The average Bonchev–Trinajstić information content (AvgIpc) is 2.92. The smallest absolute Gasteiger partial charge is 0.265 e. The fourth-order valence-corrected chi connectivity index (χ4v) is 5.39. The Balaban J connectivity index is 1.75. The topological polar surface area (TPSA) is 66.5 Å². The fourth-order valence-electron chi connectivity index (χ4n) is 2.72. The first-order valence-corrected chi connectivity index (χ1v) is 10.3. The monoisotopic (exact) mass is 364 g/mol. The summed E-state index contributed by atoms with van der Waals surface area (Å²) < 4.78 is 27.0. The van der Waals surface area contributed by atoms with E-state index in [2.05, 4.69) is 5.32 Å². The van der Waals surface area contributed by atoms with E-state index < -0.39 is 10.0 Å². The number of para-hydroxylation sites is 1. The molecular formula is C17H20N2O3S2. The number of thiophene rings is 1. The van der Waals surface area contributed by atoms with Crippen molar-refractivity contribution in [2.45, 2.75) is 30.6 Å². The Kier molecular flexibility index (Phi) is 5.33. The van der Waals surface area contributed by atoms with Crippen molar-refractivity contribution in [2.24, 2.45) is 0 Å². The molecule has 5 nitrogen and oxygen atoms in total. The molecule has 0 atom stereocenters. The first-order chi connectivity index (χ1) is 11.6. The lowest BCUT2D eigenvalue weighted by Crippen LogP contribution is -2.31. The second-order valence-electron chi connectivity index (χ2n) is 5.79. The van der Waals surface area contributed by atoms with Crippen LogP contribution in [0.2, 0.25) is 0 Å². The molecule has 1 saturated heterocycles. The number of carbonyl (C=O) groups is 1. The van der Waals surface area contributed by atoms with Gasteiger partial charge < -0.3 is 5.32 Å². The maximum atomic E-state index is 12.7. The molecule has 0 unspecified atom stereocenters. The Morgan fingerprint density at radius 3 is 2.38 bits per heavy atom.